The number of nitrogens with one attached hydrogen (secondary N) is 1. The summed E-state index contributed by atoms with van der Waals surface area (Å²) in [5.74, 6) is -0.957. The van der Waals surface area contributed by atoms with Crippen molar-refractivity contribution in [1.29, 1.82) is 0 Å². The highest BCUT2D eigenvalue weighted by atomic mass is 31.2. The maximum Gasteiger partial charge on any atom is 0.472 e. The second kappa shape index (κ2) is 51.4. The second-order valence-corrected chi connectivity index (χ2v) is 20.9. The van der Waals surface area contributed by atoms with Gasteiger partial charge in [-0.3, -0.25) is 23.4 Å². The highest BCUT2D eigenvalue weighted by molar-refractivity contribution is 7.47. The van der Waals surface area contributed by atoms with Crippen LogP contribution in [0.25, 0.3) is 0 Å². The van der Waals surface area contributed by atoms with Crippen LogP contribution in [0.15, 0.2) is 0 Å². The van der Waals surface area contributed by atoms with Crippen molar-refractivity contribution in [3.05, 3.63) is 0 Å². The summed E-state index contributed by atoms with van der Waals surface area (Å²) in [6.45, 7) is 5.89. The molecule has 0 heterocycles. The van der Waals surface area contributed by atoms with E-state index < -0.39 is 26.5 Å². The highest BCUT2D eigenvalue weighted by Crippen LogP contribution is 2.43. The molecular formula is C55H108NO9P. The average Bonchev–Trinajstić information content (AvgIpc) is 3.30. The molecule has 0 aromatic heterocycles. The van der Waals surface area contributed by atoms with Crippen LogP contribution >= 0.6 is 7.82 Å². The summed E-state index contributed by atoms with van der Waals surface area (Å²) in [6.07, 6.45) is 50.3. The Morgan fingerprint density at radius 3 is 1.06 bits per heavy atom. The lowest BCUT2D eigenvalue weighted by Gasteiger charge is -2.20. The average molecular weight is 958 g/mol. The molecule has 1 amide bonds. The summed E-state index contributed by atoms with van der Waals surface area (Å²) in [5, 5.41) is 2.75. The van der Waals surface area contributed by atoms with Crippen LogP contribution in [0.3, 0.4) is 0 Å². The Bertz CT molecular complexity index is 1110. The minimum Gasteiger partial charge on any atom is -0.462 e. The largest absolute Gasteiger partial charge is 0.472 e. The van der Waals surface area contributed by atoms with Crippen LogP contribution in [0, 0.1) is 0 Å². The maximum atomic E-state index is 12.8. The SMILES string of the molecule is CCCCCCCCCCCCCCCCCC(=O)NCCOP(=O)(O)OC[C@@H](COC(=O)CCCCCCCCCCCCCCC)OC(=O)CCCCCCCCCCCCCCC. The molecular weight excluding hydrogens is 850 g/mol. The van der Waals surface area contributed by atoms with Crippen molar-refractivity contribution in [2.45, 2.75) is 309 Å². The van der Waals surface area contributed by atoms with Crippen LogP contribution in [-0.2, 0) is 37.5 Å². The van der Waals surface area contributed by atoms with Gasteiger partial charge in [0.15, 0.2) is 6.10 Å². The zero-order valence-electron chi connectivity index (χ0n) is 43.7. The number of esters is 2. The number of unbranched alkanes of at least 4 members (excludes halogenated alkanes) is 38. The van der Waals surface area contributed by atoms with E-state index in [-0.39, 0.29) is 44.5 Å². The summed E-state index contributed by atoms with van der Waals surface area (Å²) >= 11 is 0. The van der Waals surface area contributed by atoms with E-state index in [1.807, 2.05) is 0 Å². The summed E-state index contributed by atoms with van der Waals surface area (Å²) in [4.78, 5) is 48.1. The smallest absolute Gasteiger partial charge is 0.462 e. The number of ether oxygens (including phenoxy) is 2. The molecule has 0 bridgehead atoms. The van der Waals surface area contributed by atoms with Crippen molar-refractivity contribution >= 4 is 25.7 Å². The van der Waals surface area contributed by atoms with Crippen molar-refractivity contribution in [3.8, 4) is 0 Å². The summed E-state index contributed by atoms with van der Waals surface area (Å²) in [7, 11) is -4.53. The number of carbonyl (C=O) groups is 3. The molecule has 392 valence electrons. The molecule has 0 aliphatic rings. The van der Waals surface area contributed by atoms with Gasteiger partial charge in [0.25, 0.3) is 0 Å². The van der Waals surface area contributed by atoms with Crippen molar-refractivity contribution in [1.82, 2.24) is 5.32 Å². The van der Waals surface area contributed by atoms with Gasteiger partial charge in [0.05, 0.1) is 13.2 Å². The third-order valence-electron chi connectivity index (χ3n) is 12.8. The first-order valence-electron chi connectivity index (χ1n) is 28.5. The Kier molecular flexibility index (Phi) is 50.2. The van der Waals surface area contributed by atoms with Gasteiger partial charge in [-0.2, -0.15) is 0 Å². The molecule has 0 saturated heterocycles. The van der Waals surface area contributed by atoms with Gasteiger partial charge in [0.1, 0.15) is 6.61 Å². The zero-order valence-corrected chi connectivity index (χ0v) is 44.6. The number of rotatable bonds is 54. The Labute approximate surface area is 407 Å². The van der Waals surface area contributed by atoms with Gasteiger partial charge >= 0.3 is 19.8 Å². The minimum absolute atomic E-state index is 0.0693. The van der Waals surface area contributed by atoms with Crippen molar-refractivity contribution in [2.75, 3.05) is 26.4 Å². The predicted molar refractivity (Wildman–Crippen MR) is 276 cm³/mol. The molecule has 2 atom stereocenters. The van der Waals surface area contributed by atoms with Crippen molar-refractivity contribution in [2.24, 2.45) is 0 Å². The first-order chi connectivity index (χ1) is 32.2. The lowest BCUT2D eigenvalue weighted by atomic mass is 10.0. The lowest BCUT2D eigenvalue weighted by Crippen LogP contribution is -2.30. The van der Waals surface area contributed by atoms with E-state index in [4.69, 9.17) is 18.5 Å². The fraction of sp³-hybridized carbons (Fsp3) is 0.945. The molecule has 0 saturated carbocycles. The quantitative estimate of drug-likeness (QED) is 0.0347. The van der Waals surface area contributed by atoms with Crippen LogP contribution in [0.5, 0.6) is 0 Å². The van der Waals surface area contributed by atoms with E-state index in [2.05, 4.69) is 26.1 Å². The van der Waals surface area contributed by atoms with E-state index in [1.165, 1.54) is 199 Å². The van der Waals surface area contributed by atoms with Gasteiger partial charge in [-0.15, -0.1) is 0 Å². The molecule has 10 nitrogen and oxygen atoms in total. The number of phosphoric acid groups is 1. The first-order valence-corrected chi connectivity index (χ1v) is 30.0. The number of amides is 1. The van der Waals surface area contributed by atoms with Gasteiger partial charge in [0, 0.05) is 25.8 Å². The third kappa shape index (κ3) is 50.4. The molecule has 66 heavy (non-hydrogen) atoms. The molecule has 1 unspecified atom stereocenters. The second-order valence-electron chi connectivity index (χ2n) is 19.4. The lowest BCUT2D eigenvalue weighted by molar-refractivity contribution is -0.161. The molecule has 0 aliphatic heterocycles. The van der Waals surface area contributed by atoms with Crippen LogP contribution in [-0.4, -0.2) is 55.2 Å². The molecule has 0 aromatic rings. The van der Waals surface area contributed by atoms with Crippen LogP contribution in [0.1, 0.15) is 303 Å². The standard InChI is InChI=1S/C55H108NO9P/c1-4-7-10-13-16-19-22-25-26-29-30-33-36-39-42-45-53(57)56-48-49-63-66(60,61)64-51-52(65-55(59)47-44-41-38-35-32-28-24-21-18-15-12-9-6-3)50-62-54(58)46-43-40-37-34-31-27-23-20-17-14-11-8-5-2/h52H,4-51H2,1-3H3,(H,56,57)(H,60,61)/t52-/m1/s1. The fourth-order valence-electron chi connectivity index (χ4n) is 8.50. The first kappa shape index (κ1) is 64.5. The van der Waals surface area contributed by atoms with E-state index in [1.54, 1.807) is 0 Å². The molecule has 0 fully saturated rings. The molecule has 0 aromatic carbocycles. The Hall–Kier alpha value is -1.48. The monoisotopic (exact) mass is 958 g/mol. The van der Waals surface area contributed by atoms with Crippen LogP contribution < -0.4 is 5.32 Å². The third-order valence-corrected chi connectivity index (χ3v) is 13.8. The van der Waals surface area contributed by atoms with Crippen LogP contribution in [0.2, 0.25) is 0 Å². The van der Waals surface area contributed by atoms with E-state index in [9.17, 15) is 23.8 Å². The topological polar surface area (TPSA) is 137 Å². The summed E-state index contributed by atoms with van der Waals surface area (Å²) in [5.41, 5.74) is 0. The number of hydrogen-bond donors (Lipinski definition) is 2. The van der Waals surface area contributed by atoms with Crippen molar-refractivity contribution in [3.63, 3.8) is 0 Å². The minimum atomic E-state index is -4.53. The Morgan fingerprint density at radius 1 is 0.409 bits per heavy atom. The van der Waals surface area contributed by atoms with Gasteiger partial charge in [-0.05, 0) is 19.3 Å². The maximum absolute atomic E-state index is 12.8. The highest BCUT2D eigenvalue weighted by Gasteiger charge is 2.26. The van der Waals surface area contributed by atoms with E-state index >= 15 is 0 Å². The van der Waals surface area contributed by atoms with Gasteiger partial charge in [-0.1, -0.05) is 265 Å². The predicted octanol–water partition coefficient (Wildman–Crippen LogP) is 16.9. The normalized spacial score (nSPS) is 12.8. The molecule has 0 spiro atoms. The van der Waals surface area contributed by atoms with Gasteiger partial charge in [0.2, 0.25) is 5.91 Å². The molecule has 2 N–H and O–H groups in total. The molecule has 0 rings (SSSR count). The molecule has 0 radical (unpaired) electrons. The fourth-order valence-corrected chi connectivity index (χ4v) is 9.26. The van der Waals surface area contributed by atoms with Gasteiger partial charge < -0.3 is 19.7 Å². The number of hydrogen-bond acceptors (Lipinski definition) is 8. The van der Waals surface area contributed by atoms with Crippen LogP contribution in [0.4, 0.5) is 0 Å². The number of carbonyl (C=O) groups excluding carboxylic acids is 3. The van der Waals surface area contributed by atoms with Crippen molar-refractivity contribution < 1.29 is 42.4 Å². The molecule has 0 aliphatic carbocycles. The molecule has 11 heteroatoms. The summed E-state index contributed by atoms with van der Waals surface area (Å²) in [6, 6.07) is 0. The summed E-state index contributed by atoms with van der Waals surface area (Å²) < 4.78 is 34.1. The Morgan fingerprint density at radius 2 is 0.712 bits per heavy atom. The van der Waals surface area contributed by atoms with E-state index in [0.29, 0.717) is 12.8 Å². The zero-order chi connectivity index (χ0) is 48.3. The van der Waals surface area contributed by atoms with E-state index in [0.717, 1.165) is 57.8 Å². The van der Waals surface area contributed by atoms with Gasteiger partial charge in [-0.25, -0.2) is 4.57 Å². The Balaban J connectivity index is 4.44. The number of phosphoric ester groups is 1.